The number of hydrogen-bond donors (Lipinski definition) is 1. The van der Waals surface area contributed by atoms with Crippen molar-refractivity contribution < 1.29 is 0 Å². The summed E-state index contributed by atoms with van der Waals surface area (Å²) in [6.07, 6.45) is 9.80. The van der Waals surface area contributed by atoms with E-state index in [-0.39, 0.29) is 5.56 Å². The Morgan fingerprint density at radius 1 is 1.30 bits per heavy atom. The summed E-state index contributed by atoms with van der Waals surface area (Å²) in [7, 11) is 0. The average Bonchev–Trinajstić information content (AvgIpc) is 3.11. The van der Waals surface area contributed by atoms with Gasteiger partial charge in [-0.2, -0.15) is 0 Å². The topological polar surface area (TPSA) is 46.9 Å². The Morgan fingerprint density at radius 2 is 2.04 bits per heavy atom. The summed E-state index contributed by atoms with van der Waals surface area (Å²) in [5.41, 5.74) is 1.21. The van der Waals surface area contributed by atoms with Gasteiger partial charge in [0.2, 0.25) is 0 Å². The van der Waals surface area contributed by atoms with Crippen LogP contribution in [0.25, 0.3) is 10.9 Å². The molecule has 2 aliphatic rings. The Bertz CT molecular complexity index is 757. The highest BCUT2D eigenvalue weighted by molar-refractivity contribution is 5.76. The molecule has 0 radical (unpaired) electrons. The van der Waals surface area contributed by atoms with Crippen molar-refractivity contribution in [3.05, 3.63) is 40.9 Å². The van der Waals surface area contributed by atoms with E-state index in [2.05, 4.69) is 17.2 Å². The van der Waals surface area contributed by atoms with Crippen molar-refractivity contribution in [2.24, 2.45) is 5.92 Å². The molecule has 1 aromatic heterocycles. The van der Waals surface area contributed by atoms with Crippen molar-refractivity contribution in [3.8, 4) is 0 Å². The van der Waals surface area contributed by atoms with E-state index in [4.69, 9.17) is 0 Å². The molecule has 2 aromatic rings. The number of nitrogens with one attached hydrogen (secondary N) is 1. The molecule has 0 spiro atoms. The first-order valence-electron chi connectivity index (χ1n) is 8.90. The molecule has 0 amide bonds. The lowest BCUT2D eigenvalue weighted by Gasteiger charge is -2.28. The Morgan fingerprint density at radius 3 is 2.78 bits per heavy atom. The Hall–Kier alpha value is -1.68. The van der Waals surface area contributed by atoms with Crippen LogP contribution >= 0.6 is 0 Å². The Kier molecular flexibility index (Phi) is 3.72. The fourth-order valence-corrected chi connectivity index (χ4v) is 4.35. The number of nitrogens with zero attached hydrogens (tertiary/aromatic N) is 2. The average molecular weight is 311 g/mol. The summed E-state index contributed by atoms with van der Waals surface area (Å²) < 4.78 is 1.75. The minimum atomic E-state index is 0.0648. The van der Waals surface area contributed by atoms with Gasteiger partial charge in [-0.3, -0.25) is 9.36 Å². The van der Waals surface area contributed by atoms with Crippen LogP contribution in [0.4, 0.5) is 0 Å². The second-order valence-electron chi connectivity index (χ2n) is 7.40. The van der Waals surface area contributed by atoms with Gasteiger partial charge in [-0.05, 0) is 50.7 Å². The summed E-state index contributed by atoms with van der Waals surface area (Å²) in [6, 6.07) is 7.86. The van der Waals surface area contributed by atoms with E-state index in [1.165, 1.54) is 38.5 Å². The quantitative estimate of drug-likeness (QED) is 0.923. The first kappa shape index (κ1) is 14.9. The number of benzene rings is 1. The molecule has 1 aromatic carbocycles. The van der Waals surface area contributed by atoms with Gasteiger partial charge in [0.1, 0.15) is 0 Å². The molecule has 2 fully saturated rings. The van der Waals surface area contributed by atoms with E-state index in [0.29, 0.717) is 23.5 Å². The van der Waals surface area contributed by atoms with Gasteiger partial charge in [-0.1, -0.05) is 25.0 Å². The van der Waals surface area contributed by atoms with Gasteiger partial charge in [0, 0.05) is 18.1 Å². The first-order chi connectivity index (χ1) is 11.2. The van der Waals surface area contributed by atoms with Crippen molar-refractivity contribution in [1.29, 1.82) is 0 Å². The zero-order valence-corrected chi connectivity index (χ0v) is 13.8. The van der Waals surface area contributed by atoms with Crippen LogP contribution < -0.4 is 10.9 Å². The molecule has 1 heterocycles. The Balaban J connectivity index is 1.49. The zero-order valence-electron chi connectivity index (χ0n) is 13.8. The molecule has 2 aliphatic carbocycles. The molecule has 0 unspecified atom stereocenters. The number of rotatable bonds is 5. The standard InChI is InChI=1S/C19H25N3O/c1-14(21-19(10-11-19)15-6-2-3-7-15)12-22-13-20-17-9-5-4-8-16(17)18(22)23/h4-5,8-9,13-15,21H,2-3,6-7,10-12H2,1H3/t14-/m0/s1. The normalized spacial score (nSPS) is 21.6. The first-order valence-corrected chi connectivity index (χ1v) is 8.90. The molecule has 23 heavy (non-hydrogen) atoms. The maximum atomic E-state index is 12.6. The smallest absolute Gasteiger partial charge is 0.261 e. The molecule has 4 heteroatoms. The second kappa shape index (κ2) is 5.75. The van der Waals surface area contributed by atoms with Crippen LogP contribution in [0, 0.1) is 5.92 Å². The van der Waals surface area contributed by atoms with Crippen molar-refractivity contribution in [2.45, 2.75) is 63.6 Å². The van der Waals surface area contributed by atoms with E-state index < -0.39 is 0 Å². The number of aromatic nitrogens is 2. The fourth-order valence-electron chi connectivity index (χ4n) is 4.35. The third-order valence-electron chi connectivity index (χ3n) is 5.66. The molecule has 1 atom stereocenters. The summed E-state index contributed by atoms with van der Waals surface area (Å²) in [5.74, 6) is 0.844. The van der Waals surface area contributed by atoms with Crippen LogP contribution in [0.1, 0.15) is 45.4 Å². The van der Waals surface area contributed by atoms with E-state index >= 15 is 0 Å². The third-order valence-corrected chi connectivity index (χ3v) is 5.66. The molecule has 2 saturated carbocycles. The van der Waals surface area contributed by atoms with E-state index in [1.54, 1.807) is 10.9 Å². The van der Waals surface area contributed by atoms with E-state index in [9.17, 15) is 4.79 Å². The lowest BCUT2D eigenvalue weighted by atomic mass is 9.95. The summed E-state index contributed by atoms with van der Waals surface area (Å²) >= 11 is 0. The SMILES string of the molecule is C[C@@H](Cn1cnc2ccccc2c1=O)NC1(C2CCCC2)CC1. The fraction of sp³-hybridized carbons (Fsp3) is 0.579. The van der Waals surface area contributed by atoms with Crippen LogP contribution in [0.5, 0.6) is 0 Å². The zero-order chi connectivity index (χ0) is 15.9. The minimum Gasteiger partial charge on any atom is -0.307 e. The van der Waals surface area contributed by atoms with Gasteiger partial charge < -0.3 is 5.32 Å². The van der Waals surface area contributed by atoms with Crippen LogP contribution in [-0.4, -0.2) is 21.1 Å². The molecular weight excluding hydrogens is 286 g/mol. The predicted octanol–water partition coefficient (Wildman–Crippen LogP) is 3.10. The second-order valence-corrected chi connectivity index (χ2v) is 7.40. The van der Waals surface area contributed by atoms with Crippen LogP contribution in [0.2, 0.25) is 0 Å². The molecule has 1 N–H and O–H groups in total. The van der Waals surface area contributed by atoms with Crippen LogP contribution in [0.3, 0.4) is 0 Å². The largest absolute Gasteiger partial charge is 0.307 e. The molecule has 4 rings (SSSR count). The number of para-hydroxylation sites is 1. The molecule has 4 nitrogen and oxygen atoms in total. The Labute approximate surface area is 136 Å². The van der Waals surface area contributed by atoms with Gasteiger partial charge in [0.25, 0.3) is 5.56 Å². The summed E-state index contributed by atoms with van der Waals surface area (Å²) in [4.78, 5) is 17.0. The maximum absolute atomic E-state index is 12.6. The van der Waals surface area contributed by atoms with Gasteiger partial charge in [-0.25, -0.2) is 4.98 Å². The molecular formula is C19H25N3O. The number of fused-ring (bicyclic) bond motifs is 1. The van der Waals surface area contributed by atoms with Gasteiger partial charge in [-0.15, -0.1) is 0 Å². The van der Waals surface area contributed by atoms with Crippen LogP contribution in [-0.2, 0) is 6.54 Å². The molecule has 122 valence electrons. The predicted molar refractivity (Wildman–Crippen MR) is 92.5 cm³/mol. The highest BCUT2D eigenvalue weighted by Gasteiger charge is 2.49. The van der Waals surface area contributed by atoms with Crippen LogP contribution in [0.15, 0.2) is 35.4 Å². The monoisotopic (exact) mass is 311 g/mol. The highest BCUT2D eigenvalue weighted by Crippen LogP contribution is 2.49. The van der Waals surface area contributed by atoms with Gasteiger partial charge in [0.05, 0.1) is 17.2 Å². The highest BCUT2D eigenvalue weighted by atomic mass is 16.1. The summed E-state index contributed by atoms with van der Waals surface area (Å²) in [6.45, 7) is 2.88. The molecule has 0 bridgehead atoms. The lowest BCUT2D eigenvalue weighted by Crippen LogP contribution is -2.45. The van der Waals surface area contributed by atoms with Gasteiger partial charge in [0.15, 0.2) is 0 Å². The lowest BCUT2D eigenvalue weighted by molar-refractivity contribution is 0.294. The maximum Gasteiger partial charge on any atom is 0.261 e. The molecule has 0 aliphatic heterocycles. The summed E-state index contributed by atoms with van der Waals surface area (Å²) in [5, 5.41) is 4.55. The minimum absolute atomic E-state index is 0.0648. The van der Waals surface area contributed by atoms with Crippen molar-refractivity contribution in [2.75, 3.05) is 0 Å². The third kappa shape index (κ3) is 2.80. The number of hydrogen-bond acceptors (Lipinski definition) is 3. The van der Waals surface area contributed by atoms with E-state index in [1.807, 2.05) is 24.3 Å². The van der Waals surface area contributed by atoms with Crippen molar-refractivity contribution >= 4 is 10.9 Å². The van der Waals surface area contributed by atoms with E-state index in [0.717, 1.165) is 11.4 Å². The molecule has 0 saturated heterocycles. The van der Waals surface area contributed by atoms with Crippen molar-refractivity contribution in [3.63, 3.8) is 0 Å². The van der Waals surface area contributed by atoms with Crippen molar-refractivity contribution in [1.82, 2.24) is 14.9 Å². The van der Waals surface area contributed by atoms with Gasteiger partial charge >= 0.3 is 0 Å².